The fourth-order valence-corrected chi connectivity index (χ4v) is 3.71. The van der Waals surface area contributed by atoms with E-state index in [1.54, 1.807) is 13.1 Å². The Morgan fingerprint density at radius 3 is 2.52 bits per heavy atom. The maximum Gasteiger partial charge on any atom is 0.490 e. The molecule has 162 valence electrons. The Morgan fingerprint density at radius 1 is 1.28 bits per heavy atom. The molecule has 0 aromatic heterocycles. The molecule has 2 aliphatic heterocycles. The molecule has 2 aliphatic rings. The molecule has 1 amide bonds. The van der Waals surface area contributed by atoms with E-state index in [9.17, 15) is 22.4 Å². The van der Waals surface area contributed by atoms with Crippen LogP contribution in [-0.2, 0) is 20.9 Å². The molecule has 1 aromatic carbocycles. The van der Waals surface area contributed by atoms with Crippen molar-refractivity contribution >= 4 is 11.9 Å². The monoisotopic (exact) mass is 420 g/mol. The third kappa shape index (κ3) is 6.40. The highest BCUT2D eigenvalue weighted by Gasteiger charge is 2.41. The largest absolute Gasteiger partial charge is 0.490 e. The lowest BCUT2D eigenvalue weighted by Crippen LogP contribution is -2.52. The predicted molar refractivity (Wildman–Crippen MR) is 95.4 cm³/mol. The zero-order valence-corrected chi connectivity index (χ0v) is 15.9. The van der Waals surface area contributed by atoms with Crippen molar-refractivity contribution in [1.29, 1.82) is 0 Å². The summed E-state index contributed by atoms with van der Waals surface area (Å²) >= 11 is 0. The minimum Gasteiger partial charge on any atom is -0.475 e. The number of fused-ring (bicyclic) bond motifs is 1. The fourth-order valence-electron chi connectivity index (χ4n) is 3.71. The van der Waals surface area contributed by atoms with Crippen LogP contribution in [0.2, 0.25) is 0 Å². The minimum absolute atomic E-state index is 0.00664. The number of carboxylic acid groups (broad SMARTS) is 1. The number of piperidine rings is 1. The number of carbonyl (C=O) groups is 2. The van der Waals surface area contributed by atoms with Crippen LogP contribution < -0.4 is 5.32 Å². The van der Waals surface area contributed by atoms with E-state index in [-0.39, 0.29) is 29.7 Å². The SMILES string of the molecule is CNC(=O)[C@@H]1CCO[C@@H]2CCN(Cc3ccccc3F)C[C@@H]21.O=C(O)C(F)(F)F. The number of hydrogen-bond donors (Lipinski definition) is 2. The number of alkyl halides is 3. The highest BCUT2D eigenvalue weighted by Crippen LogP contribution is 2.33. The van der Waals surface area contributed by atoms with Gasteiger partial charge in [0.05, 0.1) is 6.10 Å². The standard InChI is InChI=1S/C17H23FN2O2.C2HF3O2/c1-19-17(21)13-7-9-22-16-6-8-20(11-14(13)16)10-12-4-2-3-5-15(12)18;3-2(4,5)1(6)7/h2-5,13-14,16H,6-11H2,1H3,(H,19,21);(H,6,7)/t13-,14-,16-;/m1./s1. The Kier molecular flexibility index (Phi) is 7.97. The second-order valence-electron chi connectivity index (χ2n) is 7.00. The molecule has 0 saturated carbocycles. The van der Waals surface area contributed by atoms with Gasteiger partial charge in [-0.05, 0) is 18.9 Å². The molecular formula is C19H24F4N2O4. The second kappa shape index (κ2) is 10.0. The lowest BCUT2D eigenvalue weighted by molar-refractivity contribution is -0.192. The number of hydrogen-bond acceptors (Lipinski definition) is 4. The van der Waals surface area contributed by atoms with Gasteiger partial charge in [-0.3, -0.25) is 9.69 Å². The molecule has 0 unspecified atom stereocenters. The molecule has 2 heterocycles. The summed E-state index contributed by atoms with van der Waals surface area (Å²) in [5, 5.41) is 9.89. The summed E-state index contributed by atoms with van der Waals surface area (Å²) in [4.78, 5) is 23.2. The van der Waals surface area contributed by atoms with Crippen LogP contribution in [0, 0.1) is 17.7 Å². The topological polar surface area (TPSA) is 78.9 Å². The second-order valence-corrected chi connectivity index (χ2v) is 7.00. The Hall–Kier alpha value is -2.20. The fraction of sp³-hybridized carbons (Fsp3) is 0.579. The highest BCUT2D eigenvalue weighted by molar-refractivity contribution is 5.78. The molecular weight excluding hydrogens is 396 g/mol. The van der Waals surface area contributed by atoms with Crippen molar-refractivity contribution in [3.8, 4) is 0 Å². The van der Waals surface area contributed by atoms with Gasteiger partial charge in [0.25, 0.3) is 0 Å². The summed E-state index contributed by atoms with van der Waals surface area (Å²) in [6, 6.07) is 6.90. The van der Waals surface area contributed by atoms with E-state index in [0.29, 0.717) is 18.7 Å². The van der Waals surface area contributed by atoms with E-state index in [1.807, 2.05) is 12.1 Å². The van der Waals surface area contributed by atoms with Gasteiger partial charge in [-0.2, -0.15) is 13.2 Å². The maximum absolute atomic E-state index is 13.8. The molecule has 0 spiro atoms. The van der Waals surface area contributed by atoms with Gasteiger partial charge in [0.2, 0.25) is 5.91 Å². The zero-order valence-electron chi connectivity index (χ0n) is 15.9. The third-order valence-corrected chi connectivity index (χ3v) is 5.13. The third-order valence-electron chi connectivity index (χ3n) is 5.13. The van der Waals surface area contributed by atoms with E-state index >= 15 is 0 Å². The van der Waals surface area contributed by atoms with Crippen LogP contribution in [-0.4, -0.2) is 60.9 Å². The molecule has 0 bridgehead atoms. The van der Waals surface area contributed by atoms with Gasteiger partial charge in [0, 0.05) is 50.7 Å². The number of likely N-dealkylation sites (tertiary alicyclic amines) is 1. The van der Waals surface area contributed by atoms with E-state index in [1.165, 1.54) is 6.07 Å². The number of carbonyl (C=O) groups excluding carboxylic acids is 1. The summed E-state index contributed by atoms with van der Waals surface area (Å²) in [7, 11) is 1.69. The molecule has 29 heavy (non-hydrogen) atoms. The molecule has 0 aliphatic carbocycles. The molecule has 2 N–H and O–H groups in total. The first-order valence-corrected chi connectivity index (χ1v) is 9.22. The van der Waals surface area contributed by atoms with Gasteiger partial charge in [-0.15, -0.1) is 0 Å². The average molecular weight is 420 g/mol. The maximum atomic E-state index is 13.8. The summed E-state index contributed by atoms with van der Waals surface area (Å²) < 4.78 is 51.4. The molecule has 0 radical (unpaired) electrons. The normalized spacial score (nSPS) is 24.7. The number of nitrogens with zero attached hydrogens (tertiary/aromatic N) is 1. The Morgan fingerprint density at radius 2 is 1.93 bits per heavy atom. The number of ether oxygens (including phenoxy) is 1. The zero-order chi connectivity index (χ0) is 21.6. The first-order chi connectivity index (χ1) is 13.6. The van der Waals surface area contributed by atoms with Crippen LogP contribution >= 0.6 is 0 Å². The Bertz CT molecular complexity index is 714. The number of rotatable bonds is 3. The average Bonchev–Trinajstić information content (AvgIpc) is 2.68. The molecule has 3 rings (SSSR count). The van der Waals surface area contributed by atoms with Crippen LogP contribution in [0.15, 0.2) is 24.3 Å². The molecule has 1 aromatic rings. The summed E-state index contributed by atoms with van der Waals surface area (Å²) in [5.74, 6) is -2.60. The minimum atomic E-state index is -5.08. The van der Waals surface area contributed by atoms with Gasteiger partial charge in [0.15, 0.2) is 0 Å². The van der Waals surface area contributed by atoms with E-state index in [2.05, 4.69) is 10.2 Å². The molecule has 3 atom stereocenters. The molecule has 2 fully saturated rings. The Labute approximate surface area is 165 Å². The van der Waals surface area contributed by atoms with Gasteiger partial charge in [0.1, 0.15) is 5.82 Å². The number of benzene rings is 1. The molecule has 2 saturated heterocycles. The van der Waals surface area contributed by atoms with Crippen molar-refractivity contribution in [2.45, 2.75) is 31.7 Å². The number of nitrogens with one attached hydrogen (secondary N) is 1. The van der Waals surface area contributed by atoms with Gasteiger partial charge in [-0.1, -0.05) is 18.2 Å². The van der Waals surface area contributed by atoms with Crippen LogP contribution in [0.1, 0.15) is 18.4 Å². The van der Waals surface area contributed by atoms with Gasteiger partial charge >= 0.3 is 12.1 Å². The van der Waals surface area contributed by atoms with Gasteiger partial charge in [-0.25, -0.2) is 9.18 Å². The highest BCUT2D eigenvalue weighted by atomic mass is 19.4. The lowest BCUT2D eigenvalue weighted by Gasteiger charge is -2.44. The summed E-state index contributed by atoms with van der Waals surface area (Å²) in [6.45, 7) is 2.93. The number of halogens is 4. The van der Waals surface area contributed by atoms with Crippen molar-refractivity contribution in [3.05, 3.63) is 35.6 Å². The summed E-state index contributed by atoms with van der Waals surface area (Å²) in [6.07, 6.45) is -3.24. The smallest absolute Gasteiger partial charge is 0.475 e. The summed E-state index contributed by atoms with van der Waals surface area (Å²) in [5.41, 5.74) is 0.717. The van der Waals surface area contributed by atoms with E-state index in [0.717, 1.165) is 25.9 Å². The first-order valence-electron chi connectivity index (χ1n) is 9.22. The molecule has 10 heteroatoms. The quantitative estimate of drug-likeness (QED) is 0.735. The van der Waals surface area contributed by atoms with Crippen LogP contribution in [0.3, 0.4) is 0 Å². The first kappa shape index (κ1) is 23.1. The van der Waals surface area contributed by atoms with Crippen molar-refractivity contribution < 1.29 is 37.0 Å². The number of carboxylic acids is 1. The molecule has 6 nitrogen and oxygen atoms in total. The predicted octanol–water partition coefficient (Wildman–Crippen LogP) is 2.43. The van der Waals surface area contributed by atoms with Crippen LogP contribution in [0.25, 0.3) is 0 Å². The van der Waals surface area contributed by atoms with Crippen molar-refractivity contribution in [1.82, 2.24) is 10.2 Å². The van der Waals surface area contributed by atoms with Crippen molar-refractivity contribution in [3.63, 3.8) is 0 Å². The lowest BCUT2D eigenvalue weighted by atomic mass is 9.79. The van der Waals surface area contributed by atoms with Crippen LogP contribution in [0.4, 0.5) is 17.6 Å². The van der Waals surface area contributed by atoms with E-state index in [4.69, 9.17) is 14.6 Å². The van der Waals surface area contributed by atoms with Gasteiger partial charge < -0.3 is 15.2 Å². The Balaban J connectivity index is 0.000000370. The van der Waals surface area contributed by atoms with Crippen molar-refractivity contribution in [2.24, 2.45) is 11.8 Å². The van der Waals surface area contributed by atoms with E-state index < -0.39 is 12.1 Å². The van der Waals surface area contributed by atoms with Crippen molar-refractivity contribution in [2.75, 3.05) is 26.7 Å². The number of amides is 1. The number of aliphatic carboxylic acids is 1. The van der Waals surface area contributed by atoms with Crippen LogP contribution in [0.5, 0.6) is 0 Å².